The van der Waals surface area contributed by atoms with Crippen molar-refractivity contribution in [2.24, 2.45) is 10.2 Å². The molecule has 2 aromatic rings. The van der Waals surface area contributed by atoms with Crippen LogP contribution in [0.2, 0.25) is 0 Å². The van der Waals surface area contributed by atoms with E-state index in [2.05, 4.69) is 15.0 Å². The van der Waals surface area contributed by atoms with E-state index in [-0.39, 0.29) is 11.4 Å². The topological polar surface area (TPSA) is 60.0 Å². The smallest absolute Gasteiger partial charge is 0.406 e. The Morgan fingerprint density at radius 1 is 0.900 bits per heavy atom. The average Bonchev–Trinajstić information content (AvgIpc) is 2.36. The van der Waals surface area contributed by atoms with Crippen LogP contribution in [0.15, 0.2) is 58.8 Å². The Hall–Kier alpha value is -2.57. The minimum Gasteiger partial charge on any atom is -0.406 e. The molecule has 2 aromatic carbocycles. The Morgan fingerprint density at radius 3 is 2.20 bits per heavy atom. The summed E-state index contributed by atoms with van der Waals surface area (Å²) in [5.74, 6) is -0.341. The van der Waals surface area contributed by atoms with Crippen molar-refractivity contribution in [2.75, 3.05) is 5.73 Å². The molecular weight excluding hydrogens is 271 g/mol. The van der Waals surface area contributed by atoms with E-state index in [4.69, 9.17) is 5.73 Å². The lowest BCUT2D eigenvalue weighted by Gasteiger charge is -2.08. The predicted molar refractivity (Wildman–Crippen MR) is 68.2 cm³/mol. The summed E-state index contributed by atoms with van der Waals surface area (Å²) in [4.78, 5) is 0. The molecule has 7 heteroatoms. The average molecular weight is 281 g/mol. The Balaban J connectivity index is 2.13. The molecule has 0 unspecified atom stereocenters. The van der Waals surface area contributed by atoms with Gasteiger partial charge in [-0.05, 0) is 36.4 Å². The van der Waals surface area contributed by atoms with Gasteiger partial charge in [0, 0.05) is 11.8 Å². The highest BCUT2D eigenvalue weighted by molar-refractivity contribution is 5.48. The molecule has 104 valence electrons. The van der Waals surface area contributed by atoms with Gasteiger partial charge in [-0.2, -0.15) is 10.2 Å². The van der Waals surface area contributed by atoms with Crippen LogP contribution in [-0.4, -0.2) is 6.36 Å². The maximum atomic E-state index is 12.1. The summed E-state index contributed by atoms with van der Waals surface area (Å²) in [6.45, 7) is 0. The number of rotatable bonds is 3. The molecule has 0 radical (unpaired) electrons. The molecule has 0 aliphatic rings. The summed E-state index contributed by atoms with van der Waals surface area (Å²) < 4.78 is 40.0. The van der Waals surface area contributed by atoms with Crippen LogP contribution < -0.4 is 10.5 Å². The van der Waals surface area contributed by atoms with E-state index < -0.39 is 6.36 Å². The summed E-state index contributed by atoms with van der Waals surface area (Å²) in [6, 6.07) is 11.9. The van der Waals surface area contributed by atoms with Gasteiger partial charge in [0.2, 0.25) is 0 Å². The Kier molecular flexibility index (Phi) is 3.88. The van der Waals surface area contributed by atoms with Gasteiger partial charge in [-0.15, -0.1) is 13.2 Å². The Bertz CT molecular complexity index is 609. The standard InChI is InChI=1S/C13H10F3N3O/c14-13(15,16)20-12-3-1-2-11(8-12)19-18-10-6-4-9(17)5-7-10/h1-8H,17H2/b19-18+. The highest BCUT2D eigenvalue weighted by Crippen LogP contribution is 2.27. The zero-order valence-corrected chi connectivity index (χ0v) is 10.1. The summed E-state index contributed by atoms with van der Waals surface area (Å²) >= 11 is 0. The molecule has 0 saturated carbocycles. The first kappa shape index (κ1) is 13.9. The van der Waals surface area contributed by atoms with Gasteiger partial charge in [-0.3, -0.25) is 0 Å². The van der Waals surface area contributed by atoms with Crippen molar-refractivity contribution in [1.29, 1.82) is 0 Å². The van der Waals surface area contributed by atoms with Gasteiger partial charge in [-0.1, -0.05) is 6.07 Å². The van der Waals surface area contributed by atoms with Gasteiger partial charge in [-0.25, -0.2) is 0 Å². The van der Waals surface area contributed by atoms with Gasteiger partial charge in [0.25, 0.3) is 0 Å². The molecule has 0 aliphatic carbocycles. The summed E-state index contributed by atoms with van der Waals surface area (Å²) in [5, 5.41) is 7.72. The van der Waals surface area contributed by atoms with Crippen molar-refractivity contribution < 1.29 is 17.9 Å². The lowest BCUT2D eigenvalue weighted by atomic mass is 10.3. The second-order valence-corrected chi connectivity index (χ2v) is 3.84. The number of alkyl halides is 3. The van der Waals surface area contributed by atoms with Crippen molar-refractivity contribution in [3.63, 3.8) is 0 Å². The third kappa shape index (κ3) is 4.27. The number of nitrogens with zero attached hydrogens (tertiary/aromatic N) is 2. The lowest BCUT2D eigenvalue weighted by molar-refractivity contribution is -0.274. The predicted octanol–water partition coefficient (Wildman–Crippen LogP) is 4.58. The van der Waals surface area contributed by atoms with E-state index in [9.17, 15) is 13.2 Å². The van der Waals surface area contributed by atoms with Crippen LogP contribution in [0.4, 0.5) is 30.2 Å². The monoisotopic (exact) mass is 281 g/mol. The first-order chi connectivity index (χ1) is 9.42. The van der Waals surface area contributed by atoms with Crippen molar-refractivity contribution >= 4 is 17.1 Å². The van der Waals surface area contributed by atoms with E-state index in [1.165, 1.54) is 18.2 Å². The largest absolute Gasteiger partial charge is 0.573 e. The fraction of sp³-hybridized carbons (Fsp3) is 0.0769. The number of hydrogen-bond donors (Lipinski definition) is 1. The second kappa shape index (κ2) is 5.60. The Labute approximate surface area is 112 Å². The second-order valence-electron chi connectivity index (χ2n) is 3.84. The highest BCUT2D eigenvalue weighted by Gasteiger charge is 2.31. The summed E-state index contributed by atoms with van der Waals surface area (Å²) in [5.41, 5.74) is 6.90. The molecule has 2 rings (SSSR count). The van der Waals surface area contributed by atoms with Crippen LogP contribution in [0, 0.1) is 0 Å². The first-order valence-electron chi connectivity index (χ1n) is 5.55. The number of azo groups is 1. The van der Waals surface area contributed by atoms with Crippen molar-refractivity contribution in [2.45, 2.75) is 6.36 Å². The number of nitrogen functional groups attached to an aromatic ring is 1. The van der Waals surface area contributed by atoms with Crippen molar-refractivity contribution in [1.82, 2.24) is 0 Å². The molecule has 0 spiro atoms. The minimum absolute atomic E-state index is 0.253. The van der Waals surface area contributed by atoms with E-state index in [0.717, 1.165) is 6.07 Å². The summed E-state index contributed by atoms with van der Waals surface area (Å²) in [7, 11) is 0. The Morgan fingerprint density at radius 2 is 1.55 bits per heavy atom. The maximum Gasteiger partial charge on any atom is 0.573 e. The molecule has 2 N–H and O–H groups in total. The van der Waals surface area contributed by atoms with Gasteiger partial charge >= 0.3 is 6.36 Å². The number of ether oxygens (including phenoxy) is 1. The fourth-order valence-electron chi connectivity index (χ4n) is 1.40. The third-order valence-electron chi connectivity index (χ3n) is 2.23. The van der Waals surface area contributed by atoms with Crippen LogP contribution in [-0.2, 0) is 0 Å². The highest BCUT2D eigenvalue weighted by atomic mass is 19.4. The molecule has 0 bridgehead atoms. The number of halogens is 3. The quantitative estimate of drug-likeness (QED) is 0.661. The molecule has 4 nitrogen and oxygen atoms in total. The van der Waals surface area contributed by atoms with Gasteiger partial charge < -0.3 is 10.5 Å². The number of nitrogens with two attached hydrogens (primary N) is 1. The maximum absolute atomic E-state index is 12.1. The van der Waals surface area contributed by atoms with Crippen LogP contribution in [0.3, 0.4) is 0 Å². The number of benzene rings is 2. The van der Waals surface area contributed by atoms with Crippen LogP contribution in [0.1, 0.15) is 0 Å². The van der Waals surface area contributed by atoms with E-state index in [1.807, 2.05) is 0 Å². The zero-order valence-electron chi connectivity index (χ0n) is 10.1. The molecule has 0 atom stereocenters. The van der Waals surface area contributed by atoms with Gasteiger partial charge in [0.1, 0.15) is 5.75 Å². The van der Waals surface area contributed by atoms with Crippen LogP contribution in [0.25, 0.3) is 0 Å². The minimum atomic E-state index is -4.73. The van der Waals surface area contributed by atoms with E-state index in [0.29, 0.717) is 11.4 Å². The fourth-order valence-corrected chi connectivity index (χ4v) is 1.40. The molecule has 0 fully saturated rings. The molecule has 0 saturated heterocycles. The van der Waals surface area contributed by atoms with Crippen molar-refractivity contribution in [3.8, 4) is 5.75 Å². The van der Waals surface area contributed by atoms with Gasteiger partial charge in [0.15, 0.2) is 0 Å². The molecule has 0 aliphatic heterocycles. The number of hydrogen-bond acceptors (Lipinski definition) is 4. The molecule has 0 aromatic heterocycles. The van der Waals surface area contributed by atoms with Crippen LogP contribution >= 0.6 is 0 Å². The molecule has 20 heavy (non-hydrogen) atoms. The molecule has 0 heterocycles. The van der Waals surface area contributed by atoms with E-state index >= 15 is 0 Å². The third-order valence-corrected chi connectivity index (χ3v) is 2.23. The molecular formula is C13H10F3N3O. The van der Waals surface area contributed by atoms with Gasteiger partial charge in [0.05, 0.1) is 11.4 Å². The SMILES string of the molecule is Nc1ccc(/N=N/c2cccc(OC(F)(F)F)c2)cc1. The normalized spacial score (nSPS) is 11.8. The summed E-state index contributed by atoms with van der Waals surface area (Å²) in [6.07, 6.45) is -4.73. The lowest BCUT2D eigenvalue weighted by Crippen LogP contribution is -2.16. The molecule has 0 amide bonds. The van der Waals surface area contributed by atoms with Crippen LogP contribution in [0.5, 0.6) is 5.75 Å². The number of anilines is 1. The first-order valence-corrected chi connectivity index (χ1v) is 5.55. The van der Waals surface area contributed by atoms with Crippen molar-refractivity contribution in [3.05, 3.63) is 48.5 Å². The zero-order chi connectivity index (χ0) is 14.6. The van der Waals surface area contributed by atoms with E-state index in [1.54, 1.807) is 24.3 Å².